The predicted octanol–water partition coefficient (Wildman–Crippen LogP) is 0.620. The molecule has 118 valence electrons. The highest BCUT2D eigenvalue weighted by molar-refractivity contribution is 4.92. The van der Waals surface area contributed by atoms with Crippen LogP contribution in [0.5, 0.6) is 0 Å². The summed E-state index contributed by atoms with van der Waals surface area (Å²) in [4.78, 5) is 6.45. The summed E-state index contributed by atoms with van der Waals surface area (Å²) in [7, 11) is 0. The number of likely N-dealkylation sites (tertiary alicyclic amines) is 1. The molecule has 0 spiro atoms. The lowest BCUT2D eigenvalue weighted by Gasteiger charge is -2.49. The molecule has 0 aliphatic carbocycles. The Hall–Kier alpha value is -0.370. The standard InChI is InChI=1S/C13H24F3N3O/c1-10(2)18-3-5-19(6-4-18)11-7-17(8-11)9-12(20)13(14,15)16/h10-12,20H,3-9H2,1-2H3. The second kappa shape index (κ2) is 6.17. The third-order valence-corrected chi connectivity index (χ3v) is 4.34. The van der Waals surface area contributed by atoms with Gasteiger partial charge >= 0.3 is 6.18 Å². The van der Waals surface area contributed by atoms with Gasteiger partial charge in [-0.2, -0.15) is 13.2 Å². The SMILES string of the molecule is CC(C)N1CCN(C2CN(CC(O)C(F)(F)F)C2)CC1. The van der Waals surface area contributed by atoms with Crippen LogP contribution in [0, 0.1) is 0 Å². The number of piperazine rings is 1. The molecule has 0 bridgehead atoms. The summed E-state index contributed by atoms with van der Waals surface area (Å²) >= 11 is 0. The molecular formula is C13H24F3N3O. The Morgan fingerprint density at radius 2 is 1.65 bits per heavy atom. The number of β-amino-alcohol motifs (C(OH)–C–C–N with tert-alkyl or cyclic N) is 1. The Kier molecular flexibility index (Phi) is 4.94. The van der Waals surface area contributed by atoms with Gasteiger partial charge in [-0.05, 0) is 13.8 Å². The van der Waals surface area contributed by atoms with Gasteiger partial charge in [0, 0.05) is 57.9 Å². The van der Waals surface area contributed by atoms with Crippen molar-refractivity contribution >= 4 is 0 Å². The highest BCUT2D eigenvalue weighted by Gasteiger charge is 2.42. The van der Waals surface area contributed by atoms with Crippen molar-refractivity contribution in [2.45, 2.75) is 38.2 Å². The minimum Gasteiger partial charge on any atom is -0.382 e. The van der Waals surface area contributed by atoms with E-state index in [4.69, 9.17) is 5.11 Å². The number of rotatable bonds is 4. The van der Waals surface area contributed by atoms with Crippen LogP contribution in [0.1, 0.15) is 13.8 Å². The second-order valence-electron chi connectivity index (χ2n) is 6.10. The van der Waals surface area contributed by atoms with Crippen molar-refractivity contribution < 1.29 is 18.3 Å². The Bertz CT molecular complexity index is 310. The molecule has 2 aliphatic heterocycles. The van der Waals surface area contributed by atoms with Crippen molar-refractivity contribution in [2.24, 2.45) is 0 Å². The molecule has 0 aromatic rings. The van der Waals surface area contributed by atoms with E-state index in [0.717, 1.165) is 26.2 Å². The Morgan fingerprint density at radius 3 is 2.10 bits per heavy atom. The molecule has 0 aromatic carbocycles. The van der Waals surface area contributed by atoms with Crippen LogP contribution in [0.25, 0.3) is 0 Å². The van der Waals surface area contributed by atoms with E-state index in [9.17, 15) is 13.2 Å². The van der Waals surface area contributed by atoms with Gasteiger partial charge in [0.25, 0.3) is 0 Å². The quantitative estimate of drug-likeness (QED) is 0.823. The smallest absolute Gasteiger partial charge is 0.382 e. The van der Waals surface area contributed by atoms with Crippen LogP contribution in [0.15, 0.2) is 0 Å². The number of aliphatic hydroxyl groups is 1. The van der Waals surface area contributed by atoms with Gasteiger partial charge in [-0.1, -0.05) is 0 Å². The fourth-order valence-electron chi connectivity index (χ4n) is 2.89. The van der Waals surface area contributed by atoms with E-state index in [2.05, 4.69) is 23.6 Å². The fourth-order valence-corrected chi connectivity index (χ4v) is 2.89. The van der Waals surface area contributed by atoms with Gasteiger partial charge in [-0.15, -0.1) is 0 Å². The van der Waals surface area contributed by atoms with Crippen LogP contribution in [0.4, 0.5) is 13.2 Å². The molecule has 1 atom stereocenters. The van der Waals surface area contributed by atoms with E-state index in [-0.39, 0.29) is 6.54 Å². The Balaban J connectivity index is 1.67. The molecule has 2 saturated heterocycles. The van der Waals surface area contributed by atoms with Gasteiger partial charge in [0.15, 0.2) is 6.10 Å². The zero-order chi connectivity index (χ0) is 14.9. The maximum atomic E-state index is 12.2. The molecule has 0 saturated carbocycles. The van der Waals surface area contributed by atoms with Crippen LogP contribution in [0.3, 0.4) is 0 Å². The monoisotopic (exact) mass is 295 g/mol. The first-order valence-electron chi connectivity index (χ1n) is 7.22. The average molecular weight is 295 g/mol. The summed E-state index contributed by atoms with van der Waals surface area (Å²) in [5.41, 5.74) is 0. The molecule has 0 radical (unpaired) electrons. The van der Waals surface area contributed by atoms with E-state index in [1.807, 2.05) is 0 Å². The zero-order valence-corrected chi connectivity index (χ0v) is 12.1. The van der Waals surface area contributed by atoms with E-state index in [0.29, 0.717) is 25.2 Å². The summed E-state index contributed by atoms with van der Waals surface area (Å²) < 4.78 is 36.7. The van der Waals surface area contributed by atoms with Gasteiger partial charge in [-0.3, -0.25) is 14.7 Å². The number of aliphatic hydroxyl groups excluding tert-OH is 1. The van der Waals surface area contributed by atoms with Crippen LogP contribution in [0.2, 0.25) is 0 Å². The zero-order valence-electron chi connectivity index (χ0n) is 12.1. The van der Waals surface area contributed by atoms with E-state index >= 15 is 0 Å². The van der Waals surface area contributed by atoms with Gasteiger partial charge in [0.05, 0.1) is 0 Å². The van der Waals surface area contributed by atoms with Gasteiger partial charge in [0.1, 0.15) is 0 Å². The molecule has 2 heterocycles. The first-order chi connectivity index (χ1) is 9.27. The first kappa shape index (κ1) is 16.0. The maximum Gasteiger partial charge on any atom is 0.415 e. The van der Waals surface area contributed by atoms with Gasteiger partial charge in [-0.25, -0.2) is 0 Å². The number of hydrogen-bond donors (Lipinski definition) is 1. The number of hydrogen-bond acceptors (Lipinski definition) is 4. The van der Waals surface area contributed by atoms with E-state index in [1.165, 1.54) is 0 Å². The molecule has 2 rings (SSSR count). The molecule has 0 aromatic heterocycles. The summed E-state index contributed by atoms with van der Waals surface area (Å²) in [5.74, 6) is 0. The molecular weight excluding hydrogens is 271 g/mol. The number of nitrogens with zero attached hydrogens (tertiary/aromatic N) is 3. The minimum absolute atomic E-state index is 0.300. The molecule has 1 unspecified atom stereocenters. The predicted molar refractivity (Wildman–Crippen MR) is 70.6 cm³/mol. The Labute approximate surface area is 118 Å². The summed E-state index contributed by atoms with van der Waals surface area (Å²) in [6, 6.07) is 0.904. The van der Waals surface area contributed by atoms with Crippen LogP contribution >= 0.6 is 0 Å². The molecule has 0 amide bonds. The van der Waals surface area contributed by atoms with E-state index < -0.39 is 12.3 Å². The second-order valence-corrected chi connectivity index (χ2v) is 6.10. The van der Waals surface area contributed by atoms with Crippen molar-refractivity contribution in [3.63, 3.8) is 0 Å². The molecule has 20 heavy (non-hydrogen) atoms. The molecule has 7 heteroatoms. The van der Waals surface area contributed by atoms with Crippen molar-refractivity contribution in [3.05, 3.63) is 0 Å². The lowest BCUT2D eigenvalue weighted by molar-refractivity contribution is -0.212. The van der Waals surface area contributed by atoms with Crippen molar-refractivity contribution in [3.8, 4) is 0 Å². The summed E-state index contributed by atoms with van der Waals surface area (Å²) in [6.45, 7) is 9.35. The highest BCUT2D eigenvalue weighted by Crippen LogP contribution is 2.24. The average Bonchev–Trinajstić information content (AvgIpc) is 2.32. The first-order valence-corrected chi connectivity index (χ1v) is 7.22. The number of alkyl halides is 3. The van der Waals surface area contributed by atoms with Crippen LogP contribution < -0.4 is 0 Å². The number of halogens is 3. The topological polar surface area (TPSA) is 30.0 Å². The fraction of sp³-hybridized carbons (Fsp3) is 1.00. The van der Waals surface area contributed by atoms with Crippen molar-refractivity contribution in [2.75, 3.05) is 45.8 Å². The largest absolute Gasteiger partial charge is 0.415 e. The van der Waals surface area contributed by atoms with Gasteiger partial charge < -0.3 is 5.11 Å². The molecule has 2 aliphatic rings. The normalized spacial score (nSPS) is 25.9. The van der Waals surface area contributed by atoms with Crippen LogP contribution in [-0.4, -0.2) is 90.0 Å². The van der Waals surface area contributed by atoms with Gasteiger partial charge in [0.2, 0.25) is 0 Å². The van der Waals surface area contributed by atoms with E-state index in [1.54, 1.807) is 4.90 Å². The maximum absolute atomic E-state index is 12.2. The van der Waals surface area contributed by atoms with Crippen molar-refractivity contribution in [1.82, 2.24) is 14.7 Å². The third kappa shape index (κ3) is 3.84. The van der Waals surface area contributed by atoms with Crippen LogP contribution in [-0.2, 0) is 0 Å². The summed E-state index contributed by atoms with van der Waals surface area (Å²) in [5, 5.41) is 9.03. The van der Waals surface area contributed by atoms with Crippen molar-refractivity contribution in [1.29, 1.82) is 0 Å². The molecule has 4 nitrogen and oxygen atoms in total. The summed E-state index contributed by atoms with van der Waals surface area (Å²) in [6.07, 6.45) is -6.73. The minimum atomic E-state index is -4.51. The molecule has 1 N–H and O–H groups in total. The third-order valence-electron chi connectivity index (χ3n) is 4.34. The lowest BCUT2D eigenvalue weighted by atomic mass is 10.0. The lowest BCUT2D eigenvalue weighted by Crippen LogP contribution is -2.64. The Morgan fingerprint density at radius 1 is 1.10 bits per heavy atom. The highest BCUT2D eigenvalue weighted by atomic mass is 19.4. The molecule has 2 fully saturated rings.